The standard InChI is InChI=1S/C9H14OSi2/c1-2-5-8-6-3-4-7-9(8)12-10-11/h2-4,6-7H,1,5,12H2,11H3. The van der Waals surface area contributed by atoms with Gasteiger partial charge in [0.05, 0.1) is 0 Å². The molecule has 0 aliphatic heterocycles. The van der Waals surface area contributed by atoms with Crippen molar-refractivity contribution in [3.63, 3.8) is 0 Å². The van der Waals surface area contributed by atoms with Crippen LogP contribution in [-0.2, 0) is 10.5 Å². The lowest BCUT2D eigenvalue weighted by molar-refractivity contribution is 0.676. The first-order chi connectivity index (χ1) is 5.88. The smallest absolute Gasteiger partial charge is 0.178 e. The minimum absolute atomic E-state index is 0.436. The maximum absolute atomic E-state index is 5.36. The minimum Gasteiger partial charge on any atom is -0.465 e. The minimum atomic E-state index is -0.436. The Balaban J connectivity index is 2.83. The maximum Gasteiger partial charge on any atom is 0.178 e. The lowest BCUT2D eigenvalue weighted by Gasteiger charge is -2.05. The Morgan fingerprint density at radius 3 is 2.92 bits per heavy atom. The van der Waals surface area contributed by atoms with E-state index in [0.29, 0.717) is 0 Å². The van der Waals surface area contributed by atoms with Gasteiger partial charge in [-0.15, -0.1) is 6.58 Å². The Kier molecular flexibility index (Phi) is 4.00. The molecule has 0 unspecified atom stereocenters. The van der Waals surface area contributed by atoms with Crippen LogP contribution >= 0.6 is 0 Å². The molecule has 64 valence electrons. The molecule has 0 radical (unpaired) electrons. The Labute approximate surface area is 78.9 Å². The van der Waals surface area contributed by atoms with E-state index in [1.165, 1.54) is 10.8 Å². The zero-order valence-electron chi connectivity index (χ0n) is 7.42. The predicted octanol–water partition coefficient (Wildman–Crippen LogP) is -0.579. The van der Waals surface area contributed by atoms with Crippen molar-refractivity contribution >= 4 is 25.4 Å². The molecule has 1 aromatic rings. The van der Waals surface area contributed by atoms with Crippen molar-refractivity contribution in [2.75, 3.05) is 0 Å². The number of hydrogen-bond donors (Lipinski definition) is 0. The summed E-state index contributed by atoms with van der Waals surface area (Å²) >= 11 is 0. The van der Waals surface area contributed by atoms with E-state index in [2.05, 4.69) is 30.8 Å². The number of allylic oxidation sites excluding steroid dienone is 1. The second kappa shape index (κ2) is 5.08. The molecule has 0 aromatic heterocycles. The third-order valence-electron chi connectivity index (χ3n) is 1.78. The number of benzene rings is 1. The van der Waals surface area contributed by atoms with Crippen molar-refractivity contribution < 1.29 is 4.12 Å². The van der Waals surface area contributed by atoms with Crippen molar-refractivity contribution in [3.8, 4) is 0 Å². The van der Waals surface area contributed by atoms with E-state index in [1.54, 1.807) is 0 Å². The molecular formula is C9H14OSi2. The summed E-state index contributed by atoms with van der Waals surface area (Å²) in [6, 6.07) is 8.48. The summed E-state index contributed by atoms with van der Waals surface area (Å²) in [6.45, 7) is 3.74. The molecule has 3 heteroatoms. The molecule has 0 aliphatic rings. The summed E-state index contributed by atoms with van der Waals surface area (Å²) in [4.78, 5) is 0. The van der Waals surface area contributed by atoms with Crippen molar-refractivity contribution in [2.45, 2.75) is 6.42 Å². The molecule has 0 saturated carbocycles. The van der Waals surface area contributed by atoms with Gasteiger partial charge in [0.2, 0.25) is 0 Å². The van der Waals surface area contributed by atoms with Gasteiger partial charge in [0.1, 0.15) is 10.5 Å². The van der Waals surface area contributed by atoms with Gasteiger partial charge in [-0.25, -0.2) is 0 Å². The van der Waals surface area contributed by atoms with Crippen LogP contribution in [0, 0.1) is 0 Å². The topological polar surface area (TPSA) is 9.23 Å². The molecule has 1 rings (SSSR count). The zero-order chi connectivity index (χ0) is 8.81. The third kappa shape index (κ3) is 2.44. The first kappa shape index (κ1) is 9.44. The highest BCUT2D eigenvalue weighted by atomic mass is 28.3. The van der Waals surface area contributed by atoms with Gasteiger partial charge in [-0.05, 0) is 17.2 Å². The summed E-state index contributed by atoms with van der Waals surface area (Å²) in [5.41, 5.74) is 1.38. The fraction of sp³-hybridized carbons (Fsp3) is 0.111. The SMILES string of the molecule is C=CCc1ccccc1[SiH2]O[SiH3]. The third-order valence-corrected chi connectivity index (χ3v) is 3.94. The molecule has 0 fully saturated rings. The Morgan fingerprint density at radius 2 is 2.25 bits per heavy atom. The van der Waals surface area contributed by atoms with Crippen molar-refractivity contribution in [2.24, 2.45) is 0 Å². The number of hydrogen-bond acceptors (Lipinski definition) is 1. The molecule has 1 aromatic carbocycles. The lowest BCUT2D eigenvalue weighted by Crippen LogP contribution is -2.20. The fourth-order valence-corrected chi connectivity index (χ4v) is 3.13. The number of rotatable bonds is 4. The van der Waals surface area contributed by atoms with Crippen LogP contribution in [0.4, 0.5) is 0 Å². The van der Waals surface area contributed by atoms with Crippen LogP contribution in [0.15, 0.2) is 36.9 Å². The molecule has 0 heterocycles. The van der Waals surface area contributed by atoms with Crippen molar-refractivity contribution in [3.05, 3.63) is 42.5 Å². The van der Waals surface area contributed by atoms with Gasteiger partial charge in [-0.1, -0.05) is 30.3 Å². The summed E-state index contributed by atoms with van der Waals surface area (Å²) in [5, 5.41) is 1.42. The van der Waals surface area contributed by atoms with Crippen LogP contribution in [0.5, 0.6) is 0 Å². The Bertz CT molecular complexity index is 260. The molecule has 0 amide bonds. The van der Waals surface area contributed by atoms with E-state index in [9.17, 15) is 0 Å². The summed E-state index contributed by atoms with van der Waals surface area (Å²) in [6.07, 6.45) is 2.91. The monoisotopic (exact) mass is 194 g/mol. The first-order valence-electron chi connectivity index (χ1n) is 4.05. The van der Waals surface area contributed by atoms with Crippen molar-refractivity contribution in [1.29, 1.82) is 0 Å². The highest BCUT2D eigenvalue weighted by Crippen LogP contribution is 1.97. The van der Waals surface area contributed by atoms with E-state index < -0.39 is 9.76 Å². The van der Waals surface area contributed by atoms with Gasteiger partial charge in [-0.2, -0.15) is 0 Å². The normalized spacial score (nSPS) is 11.0. The molecular weight excluding hydrogens is 180 g/mol. The fourth-order valence-electron chi connectivity index (χ4n) is 1.21. The zero-order valence-corrected chi connectivity index (χ0v) is 10.8. The average Bonchev–Trinajstić information content (AvgIpc) is 2.09. The highest BCUT2D eigenvalue weighted by molar-refractivity contribution is 6.51. The Hall–Kier alpha value is -0.646. The van der Waals surface area contributed by atoms with E-state index >= 15 is 0 Å². The van der Waals surface area contributed by atoms with Crippen LogP contribution < -0.4 is 5.19 Å². The largest absolute Gasteiger partial charge is 0.465 e. The van der Waals surface area contributed by atoms with Gasteiger partial charge in [0, 0.05) is 0 Å². The highest BCUT2D eigenvalue weighted by Gasteiger charge is 1.98. The molecule has 0 N–H and O–H groups in total. The van der Waals surface area contributed by atoms with E-state index in [1.807, 2.05) is 6.08 Å². The van der Waals surface area contributed by atoms with Gasteiger partial charge < -0.3 is 4.12 Å². The first-order valence-corrected chi connectivity index (χ1v) is 6.15. The second-order valence-electron chi connectivity index (χ2n) is 2.69. The lowest BCUT2D eigenvalue weighted by atomic mass is 10.1. The van der Waals surface area contributed by atoms with Gasteiger partial charge in [-0.3, -0.25) is 0 Å². The van der Waals surface area contributed by atoms with Crippen LogP contribution in [0.25, 0.3) is 0 Å². The maximum atomic E-state index is 5.36. The molecule has 0 bridgehead atoms. The van der Waals surface area contributed by atoms with E-state index in [-0.39, 0.29) is 0 Å². The predicted molar refractivity (Wildman–Crippen MR) is 59.5 cm³/mol. The average molecular weight is 194 g/mol. The summed E-state index contributed by atoms with van der Waals surface area (Å²) < 4.78 is 5.36. The van der Waals surface area contributed by atoms with Crippen molar-refractivity contribution in [1.82, 2.24) is 0 Å². The van der Waals surface area contributed by atoms with E-state index in [4.69, 9.17) is 4.12 Å². The quantitative estimate of drug-likeness (QED) is 0.460. The van der Waals surface area contributed by atoms with Gasteiger partial charge >= 0.3 is 0 Å². The Morgan fingerprint density at radius 1 is 1.50 bits per heavy atom. The second-order valence-corrected chi connectivity index (χ2v) is 6.05. The van der Waals surface area contributed by atoms with Crippen LogP contribution in [0.3, 0.4) is 0 Å². The van der Waals surface area contributed by atoms with Crippen LogP contribution in [0.1, 0.15) is 5.56 Å². The van der Waals surface area contributed by atoms with Gasteiger partial charge in [0.25, 0.3) is 0 Å². The molecule has 1 nitrogen and oxygen atoms in total. The molecule has 0 spiro atoms. The van der Waals surface area contributed by atoms with Crippen LogP contribution in [0.2, 0.25) is 0 Å². The van der Waals surface area contributed by atoms with Gasteiger partial charge in [0.15, 0.2) is 9.76 Å². The summed E-state index contributed by atoms with van der Waals surface area (Å²) in [5.74, 6) is 0. The molecule has 0 saturated heterocycles. The van der Waals surface area contributed by atoms with E-state index in [0.717, 1.165) is 16.9 Å². The molecule has 0 atom stereocenters. The molecule has 0 aliphatic carbocycles. The summed E-state index contributed by atoms with van der Waals surface area (Å²) in [7, 11) is 0.425. The van der Waals surface area contributed by atoms with Crippen LogP contribution in [-0.4, -0.2) is 20.2 Å². The molecule has 12 heavy (non-hydrogen) atoms.